The number of nitrogens with two attached hydrogens (primary N) is 1. The van der Waals surface area contributed by atoms with Crippen LogP contribution in [0.5, 0.6) is 0 Å². The second-order valence-electron chi connectivity index (χ2n) is 4.46. The molecule has 0 fully saturated rings. The number of nitrogens with zero attached hydrogens (tertiary/aromatic N) is 3. The fraction of sp³-hybridized carbons (Fsp3) is 0.385. The highest BCUT2D eigenvalue weighted by molar-refractivity contribution is 6.32. The molecule has 0 saturated carbocycles. The van der Waals surface area contributed by atoms with Gasteiger partial charge in [-0.1, -0.05) is 41.9 Å². The second kappa shape index (κ2) is 6.14. The summed E-state index contributed by atoms with van der Waals surface area (Å²) in [5, 5.41) is 8.76. The van der Waals surface area contributed by atoms with Crippen LogP contribution in [0.25, 0.3) is 0 Å². The predicted molar refractivity (Wildman–Crippen MR) is 75.7 cm³/mol. The van der Waals surface area contributed by atoms with Gasteiger partial charge < -0.3 is 0 Å². The van der Waals surface area contributed by atoms with Crippen molar-refractivity contribution in [2.45, 2.75) is 32.9 Å². The maximum atomic E-state index is 6.37. The highest BCUT2D eigenvalue weighted by atomic mass is 35.5. The molecule has 0 radical (unpaired) electrons. The monoisotopic (exact) mass is 279 g/mol. The van der Waals surface area contributed by atoms with E-state index in [1.807, 2.05) is 29.8 Å². The zero-order valence-corrected chi connectivity index (χ0v) is 11.9. The Morgan fingerprint density at radius 2 is 2.26 bits per heavy atom. The number of aromatic nitrogens is 3. The van der Waals surface area contributed by atoms with E-state index in [-0.39, 0.29) is 6.04 Å². The number of benzene rings is 1. The highest BCUT2D eigenvalue weighted by Gasteiger charge is 2.20. The number of aryl methyl sites for hydroxylation is 2. The van der Waals surface area contributed by atoms with Crippen molar-refractivity contribution in [1.82, 2.24) is 20.4 Å². The molecule has 19 heavy (non-hydrogen) atoms. The topological polar surface area (TPSA) is 68.8 Å². The summed E-state index contributed by atoms with van der Waals surface area (Å²) in [6.45, 7) is 4.87. The molecule has 1 heterocycles. The van der Waals surface area contributed by atoms with Gasteiger partial charge in [-0.15, -0.1) is 5.10 Å². The fourth-order valence-electron chi connectivity index (χ4n) is 2.10. The Bertz CT molecular complexity index is 552. The van der Waals surface area contributed by atoms with Crippen molar-refractivity contribution in [3.05, 3.63) is 46.2 Å². The van der Waals surface area contributed by atoms with E-state index in [1.54, 1.807) is 6.20 Å². The molecule has 5 nitrogen and oxygen atoms in total. The first-order valence-electron chi connectivity index (χ1n) is 6.28. The van der Waals surface area contributed by atoms with E-state index in [0.717, 1.165) is 34.8 Å². The Balaban J connectivity index is 2.44. The van der Waals surface area contributed by atoms with Crippen LogP contribution in [0.3, 0.4) is 0 Å². The largest absolute Gasteiger partial charge is 0.271 e. The highest BCUT2D eigenvalue weighted by Crippen LogP contribution is 2.29. The van der Waals surface area contributed by atoms with Crippen LogP contribution >= 0.6 is 11.6 Å². The van der Waals surface area contributed by atoms with E-state index < -0.39 is 0 Å². The van der Waals surface area contributed by atoms with Gasteiger partial charge in [0.2, 0.25) is 0 Å². The smallest absolute Gasteiger partial charge is 0.0909 e. The van der Waals surface area contributed by atoms with Gasteiger partial charge >= 0.3 is 0 Å². The van der Waals surface area contributed by atoms with Crippen molar-refractivity contribution >= 4 is 11.6 Å². The first kappa shape index (κ1) is 14.0. The normalized spacial score (nSPS) is 12.6. The molecule has 0 aliphatic carbocycles. The minimum absolute atomic E-state index is 0.214. The van der Waals surface area contributed by atoms with Gasteiger partial charge in [0.05, 0.1) is 17.9 Å². The Morgan fingerprint density at radius 1 is 1.47 bits per heavy atom. The Hall–Kier alpha value is -1.43. The zero-order chi connectivity index (χ0) is 13.8. The van der Waals surface area contributed by atoms with Crippen molar-refractivity contribution in [2.24, 2.45) is 5.84 Å². The molecule has 1 aromatic heterocycles. The number of hydrogen-bond acceptors (Lipinski definition) is 4. The quantitative estimate of drug-likeness (QED) is 0.650. The predicted octanol–water partition coefficient (Wildman–Crippen LogP) is 2.20. The zero-order valence-electron chi connectivity index (χ0n) is 11.1. The van der Waals surface area contributed by atoms with E-state index >= 15 is 0 Å². The van der Waals surface area contributed by atoms with Gasteiger partial charge in [0, 0.05) is 11.6 Å². The number of rotatable bonds is 5. The average Bonchev–Trinajstić information content (AvgIpc) is 2.84. The number of halogens is 1. The van der Waals surface area contributed by atoms with E-state index in [2.05, 4.69) is 22.7 Å². The molecule has 0 bridgehead atoms. The molecule has 0 amide bonds. The van der Waals surface area contributed by atoms with E-state index in [4.69, 9.17) is 17.4 Å². The van der Waals surface area contributed by atoms with E-state index in [9.17, 15) is 0 Å². The molecule has 0 aliphatic heterocycles. The van der Waals surface area contributed by atoms with Gasteiger partial charge in [-0.3, -0.25) is 5.84 Å². The van der Waals surface area contributed by atoms with Crippen LogP contribution in [0, 0.1) is 6.92 Å². The van der Waals surface area contributed by atoms with Crippen molar-refractivity contribution in [1.29, 1.82) is 0 Å². The molecule has 0 spiro atoms. The van der Waals surface area contributed by atoms with Crippen LogP contribution < -0.4 is 11.3 Å². The van der Waals surface area contributed by atoms with Gasteiger partial charge in [0.1, 0.15) is 0 Å². The third kappa shape index (κ3) is 2.78. The summed E-state index contributed by atoms with van der Waals surface area (Å²) in [6.07, 6.45) is 2.70. The van der Waals surface area contributed by atoms with Crippen LogP contribution in [-0.2, 0) is 6.54 Å². The minimum Gasteiger partial charge on any atom is -0.271 e. The summed E-state index contributed by atoms with van der Waals surface area (Å²) in [7, 11) is 0. The van der Waals surface area contributed by atoms with Gasteiger partial charge in [-0.2, -0.15) is 0 Å². The van der Waals surface area contributed by atoms with Crippen molar-refractivity contribution < 1.29 is 0 Å². The van der Waals surface area contributed by atoms with Gasteiger partial charge in [-0.25, -0.2) is 10.1 Å². The first-order chi connectivity index (χ1) is 9.19. The maximum absolute atomic E-state index is 6.37. The van der Waals surface area contributed by atoms with Crippen LogP contribution in [0.2, 0.25) is 5.02 Å². The summed E-state index contributed by atoms with van der Waals surface area (Å²) < 4.78 is 1.85. The molecule has 1 unspecified atom stereocenters. The second-order valence-corrected chi connectivity index (χ2v) is 4.84. The average molecular weight is 280 g/mol. The fourth-order valence-corrected chi connectivity index (χ4v) is 2.34. The van der Waals surface area contributed by atoms with Crippen LogP contribution in [0.4, 0.5) is 0 Å². The Morgan fingerprint density at radius 3 is 2.95 bits per heavy atom. The molecule has 1 atom stereocenters. The van der Waals surface area contributed by atoms with Gasteiger partial charge in [0.15, 0.2) is 0 Å². The summed E-state index contributed by atoms with van der Waals surface area (Å²) >= 11 is 6.37. The summed E-state index contributed by atoms with van der Waals surface area (Å²) in [6, 6.07) is 5.69. The Kier molecular flexibility index (Phi) is 4.52. The van der Waals surface area contributed by atoms with E-state index in [1.165, 1.54) is 0 Å². The molecule has 1 aromatic carbocycles. The third-order valence-electron chi connectivity index (χ3n) is 3.08. The SMILES string of the molecule is CCCn1nncc1C(NN)c1cccc(C)c1Cl. The standard InChI is InChI=1S/C13H18ClN5/c1-3-7-19-11(8-16-18-19)13(17-15)10-6-4-5-9(2)12(10)14/h4-6,8,13,17H,3,7,15H2,1-2H3. The minimum atomic E-state index is -0.214. The molecule has 2 rings (SSSR count). The number of nitrogens with one attached hydrogen (secondary N) is 1. The Labute approximate surface area is 117 Å². The number of hydrazine groups is 1. The summed E-state index contributed by atoms with van der Waals surface area (Å²) in [4.78, 5) is 0. The molecular weight excluding hydrogens is 262 g/mol. The van der Waals surface area contributed by atoms with Crippen LogP contribution in [0.1, 0.15) is 36.2 Å². The van der Waals surface area contributed by atoms with Crippen LogP contribution in [0.15, 0.2) is 24.4 Å². The number of hydrogen-bond donors (Lipinski definition) is 2. The molecular formula is C13H18ClN5. The van der Waals surface area contributed by atoms with Crippen molar-refractivity contribution in [3.8, 4) is 0 Å². The van der Waals surface area contributed by atoms with Gasteiger partial charge in [-0.05, 0) is 24.5 Å². The lowest BCUT2D eigenvalue weighted by molar-refractivity contribution is 0.512. The molecule has 3 N–H and O–H groups in total. The van der Waals surface area contributed by atoms with Gasteiger partial charge in [0.25, 0.3) is 0 Å². The van der Waals surface area contributed by atoms with E-state index in [0.29, 0.717) is 0 Å². The lowest BCUT2D eigenvalue weighted by Gasteiger charge is -2.19. The van der Waals surface area contributed by atoms with Crippen molar-refractivity contribution in [2.75, 3.05) is 0 Å². The summed E-state index contributed by atoms with van der Waals surface area (Å²) in [5.41, 5.74) is 5.67. The molecule has 6 heteroatoms. The molecule has 2 aromatic rings. The molecule has 0 aliphatic rings. The molecule has 102 valence electrons. The van der Waals surface area contributed by atoms with Crippen LogP contribution in [-0.4, -0.2) is 15.0 Å². The lowest BCUT2D eigenvalue weighted by Crippen LogP contribution is -2.31. The molecule has 0 saturated heterocycles. The maximum Gasteiger partial charge on any atom is 0.0909 e. The van der Waals surface area contributed by atoms with Crippen molar-refractivity contribution in [3.63, 3.8) is 0 Å². The lowest BCUT2D eigenvalue weighted by atomic mass is 10.0. The first-order valence-corrected chi connectivity index (χ1v) is 6.66. The summed E-state index contributed by atoms with van der Waals surface area (Å²) in [5.74, 6) is 5.70. The third-order valence-corrected chi connectivity index (χ3v) is 3.59.